The zero-order valence-electron chi connectivity index (χ0n) is 14.8. The molecule has 1 fully saturated rings. The smallest absolute Gasteiger partial charge is 0.224 e. The summed E-state index contributed by atoms with van der Waals surface area (Å²) < 4.78 is 0.791. The fraction of sp³-hybridized carbons (Fsp3) is 0.444. The third kappa shape index (κ3) is 5.81. The molecular weight excluding hydrogens is 368 g/mol. The molecule has 2 aromatic rings. The predicted molar refractivity (Wildman–Crippen MR) is 106 cm³/mol. The van der Waals surface area contributed by atoms with E-state index in [2.05, 4.69) is 20.8 Å². The lowest BCUT2D eigenvalue weighted by Crippen LogP contribution is -2.14. The van der Waals surface area contributed by atoms with Crippen molar-refractivity contribution in [3.8, 4) is 0 Å². The van der Waals surface area contributed by atoms with Crippen LogP contribution in [0.3, 0.4) is 0 Å². The van der Waals surface area contributed by atoms with E-state index in [4.69, 9.17) is 0 Å². The molecule has 26 heavy (non-hydrogen) atoms. The number of nitrogens with zero attached hydrogens (tertiary/aromatic N) is 2. The van der Waals surface area contributed by atoms with Crippen molar-refractivity contribution in [1.82, 2.24) is 10.2 Å². The van der Waals surface area contributed by atoms with Gasteiger partial charge in [0.2, 0.25) is 11.0 Å². The van der Waals surface area contributed by atoms with Gasteiger partial charge in [-0.05, 0) is 43.0 Å². The monoisotopic (exact) mass is 390 g/mol. The van der Waals surface area contributed by atoms with Crippen LogP contribution in [-0.2, 0) is 4.79 Å². The van der Waals surface area contributed by atoms with E-state index in [1.165, 1.54) is 35.9 Å². The molecule has 1 aliphatic carbocycles. The molecule has 8 heteroatoms. The lowest BCUT2D eigenvalue weighted by atomic mass is 10.1. The summed E-state index contributed by atoms with van der Waals surface area (Å²) in [4.78, 5) is 24.1. The largest absolute Gasteiger partial charge is 0.357 e. The molecule has 2 N–H and O–H groups in total. The summed E-state index contributed by atoms with van der Waals surface area (Å²) in [5, 5.41) is 15.2. The number of nitrogens with one attached hydrogen (secondary N) is 2. The van der Waals surface area contributed by atoms with Crippen LogP contribution in [0.4, 0.5) is 10.8 Å². The topological polar surface area (TPSA) is 84.0 Å². The Kier molecular flexibility index (Phi) is 6.26. The molecule has 0 unspecified atom stereocenters. The van der Waals surface area contributed by atoms with E-state index < -0.39 is 0 Å². The number of ketones is 1. The number of carbonyl (C=O) groups excluding carboxylic acids is 2. The highest BCUT2D eigenvalue weighted by Gasteiger charge is 2.22. The highest BCUT2D eigenvalue weighted by molar-refractivity contribution is 8.01. The van der Waals surface area contributed by atoms with Gasteiger partial charge in [-0.25, -0.2) is 0 Å². The lowest BCUT2D eigenvalue weighted by molar-refractivity contribution is -0.116. The predicted octanol–water partition coefficient (Wildman–Crippen LogP) is 4.07. The van der Waals surface area contributed by atoms with Crippen LogP contribution in [0.15, 0.2) is 28.6 Å². The van der Waals surface area contributed by atoms with Gasteiger partial charge in [-0.1, -0.05) is 36.9 Å². The van der Waals surface area contributed by atoms with E-state index in [0.717, 1.165) is 9.47 Å². The van der Waals surface area contributed by atoms with Gasteiger partial charge in [-0.2, -0.15) is 0 Å². The maximum absolute atomic E-state index is 12.3. The van der Waals surface area contributed by atoms with Crippen LogP contribution in [0.5, 0.6) is 0 Å². The molecular formula is C18H22N4O2S2. The second-order valence-electron chi connectivity index (χ2n) is 6.73. The summed E-state index contributed by atoms with van der Waals surface area (Å²) >= 11 is 2.88. The number of hydrogen-bond donors (Lipinski definition) is 2. The quantitative estimate of drug-likeness (QED) is 0.496. The highest BCUT2D eigenvalue weighted by atomic mass is 32.2. The number of thioether (sulfide) groups is 1. The van der Waals surface area contributed by atoms with E-state index in [0.29, 0.717) is 35.4 Å². The number of carbonyl (C=O) groups is 2. The molecule has 1 heterocycles. The normalized spacial score (nSPS) is 13.7. The van der Waals surface area contributed by atoms with E-state index in [9.17, 15) is 9.59 Å². The van der Waals surface area contributed by atoms with Crippen molar-refractivity contribution >= 4 is 45.6 Å². The zero-order chi connectivity index (χ0) is 18.5. The SMILES string of the molecule is CC(C)CC(=O)Nc1ccc(C(=O)CSc2nnc(NC3CC3)s2)cc1. The molecule has 0 spiro atoms. The first-order chi connectivity index (χ1) is 12.5. The summed E-state index contributed by atoms with van der Waals surface area (Å²) in [6, 6.07) is 7.56. The molecule has 138 valence electrons. The number of anilines is 2. The number of benzene rings is 1. The molecule has 0 saturated heterocycles. The fourth-order valence-electron chi connectivity index (χ4n) is 2.26. The second kappa shape index (κ2) is 8.64. The van der Waals surface area contributed by atoms with Crippen LogP contribution in [0.1, 0.15) is 43.5 Å². The van der Waals surface area contributed by atoms with Gasteiger partial charge in [0.15, 0.2) is 10.1 Å². The van der Waals surface area contributed by atoms with Gasteiger partial charge < -0.3 is 10.6 Å². The highest BCUT2D eigenvalue weighted by Crippen LogP contribution is 2.30. The molecule has 6 nitrogen and oxygen atoms in total. The maximum Gasteiger partial charge on any atom is 0.224 e. The van der Waals surface area contributed by atoms with Crippen molar-refractivity contribution in [2.45, 2.75) is 43.5 Å². The van der Waals surface area contributed by atoms with Gasteiger partial charge in [0.1, 0.15) is 0 Å². The van der Waals surface area contributed by atoms with Gasteiger partial charge >= 0.3 is 0 Å². The van der Waals surface area contributed by atoms with Crippen molar-refractivity contribution in [2.24, 2.45) is 5.92 Å². The van der Waals surface area contributed by atoms with Crippen LogP contribution in [0.2, 0.25) is 0 Å². The molecule has 3 rings (SSSR count). The average Bonchev–Trinajstić information content (AvgIpc) is 3.29. The summed E-state index contributed by atoms with van der Waals surface area (Å²) in [6.45, 7) is 4.00. The molecule has 0 radical (unpaired) electrons. The van der Waals surface area contributed by atoms with Crippen LogP contribution in [-0.4, -0.2) is 33.7 Å². The number of hydrogen-bond acceptors (Lipinski definition) is 7. The molecule has 1 aliphatic rings. The Morgan fingerprint density at radius 1 is 1.23 bits per heavy atom. The summed E-state index contributed by atoms with van der Waals surface area (Å²) in [5.41, 5.74) is 1.33. The third-order valence-electron chi connectivity index (χ3n) is 3.72. The van der Waals surface area contributed by atoms with Crippen molar-refractivity contribution in [3.63, 3.8) is 0 Å². The van der Waals surface area contributed by atoms with Gasteiger partial charge in [-0.15, -0.1) is 10.2 Å². The first-order valence-electron chi connectivity index (χ1n) is 8.65. The summed E-state index contributed by atoms with van der Waals surface area (Å²) in [6.07, 6.45) is 2.86. The minimum atomic E-state index is -0.0125. The lowest BCUT2D eigenvalue weighted by Gasteiger charge is -2.07. The van der Waals surface area contributed by atoms with Gasteiger partial charge in [0, 0.05) is 23.7 Å². The molecule has 0 atom stereocenters. The maximum atomic E-state index is 12.3. The minimum Gasteiger partial charge on any atom is -0.357 e. The average molecular weight is 391 g/mol. The van der Waals surface area contributed by atoms with Gasteiger partial charge in [0.05, 0.1) is 5.75 Å². The molecule has 0 bridgehead atoms. The minimum absolute atomic E-state index is 0.0125. The Morgan fingerprint density at radius 2 is 1.96 bits per heavy atom. The van der Waals surface area contributed by atoms with E-state index in [1.54, 1.807) is 24.3 Å². The third-order valence-corrected chi connectivity index (χ3v) is 5.71. The van der Waals surface area contributed by atoms with Crippen LogP contribution in [0, 0.1) is 5.92 Å². The standard InChI is InChI=1S/C18H22N4O2S2/c1-11(2)9-16(24)19-13-5-3-12(4-6-13)15(23)10-25-18-22-21-17(26-18)20-14-7-8-14/h3-6,11,14H,7-10H2,1-2H3,(H,19,24)(H,20,21). The second-order valence-corrected chi connectivity index (χ2v) is 8.93. The first-order valence-corrected chi connectivity index (χ1v) is 10.5. The van der Waals surface area contributed by atoms with E-state index >= 15 is 0 Å². The van der Waals surface area contributed by atoms with Crippen molar-refractivity contribution in [2.75, 3.05) is 16.4 Å². The van der Waals surface area contributed by atoms with Gasteiger partial charge in [0.25, 0.3) is 0 Å². The summed E-state index contributed by atoms with van der Waals surface area (Å²) in [7, 11) is 0. The van der Waals surface area contributed by atoms with Crippen LogP contribution >= 0.6 is 23.1 Å². The Bertz CT molecular complexity index is 770. The molecule has 1 saturated carbocycles. The Balaban J connectivity index is 1.48. The zero-order valence-corrected chi connectivity index (χ0v) is 16.5. The molecule has 1 amide bonds. The fourth-order valence-corrected chi connectivity index (χ4v) is 3.98. The van der Waals surface area contributed by atoms with Crippen LogP contribution < -0.4 is 10.6 Å². The number of amides is 1. The Morgan fingerprint density at radius 3 is 2.62 bits per heavy atom. The van der Waals surface area contributed by atoms with Crippen LogP contribution in [0.25, 0.3) is 0 Å². The number of Topliss-reactive ketones (excluding diaryl/α,β-unsaturated/α-hetero) is 1. The van der Waals surface area contributed by atoms with Crippen molar-refractivity contribution in [1.29, 1.82) is 0 Å². The summed E-state index contributed by atoms with van der Waals surface area (Å²) in [5.74, 6) is 0.647. The van der Waals surface area contributed by atoms with Crippen molar-refractivity contribution in [3.05, 3.63) is 29.8 Å². The van der Waals surface area contributed by atoms with E-state index in [1.807, 2.05) is 13.8 Å². The van der Waals surface area contributed by atoms with Crippen molar-refractivity contribution < 1.29 is 9.59 Å². The first kappa shape index (κ1) is 18.8. The Labute approximate surface area is 161 Å². The molecule has 1 aromatic heterocycles. The number of rotatable bonds is 9. The Hall–Kier alpha value is -1.93. The number of aromatic nitrogens is 2. The molecule has 0 aliphatic heterocycles. The molecule has 1 aromatic carbocycles. The van der Waals surface area contributed by atoms with E-state index in [-0.39, 0.29) is 11.7 Å². The van der Waals surface area contributed by atoms with Gasteiger partial charge in [-0.3, -0.25) is 9.59 Å².